The van der Waals surface area contributed by atoms with Crippen molar-refractivity contribution in [1.29, 1.82) is 0 Å². The Morgan fingerprint density at radius 2 is 1.13 bits per heavy atom. The average molecular weight is 905 g/mol. The van der Waals surface area contributed by atoms with Gasteiger partial charge in [0.15, 0.2) is 6.10 Å². The Hall–Kier alpha value is -2.48. The largest absolute Gasteiger partial charge is 0.472 e. The second kappa shape index (κ2) is 39.1. The Morgan fingerprint density at radius 3 is 1.75 bits per heavy atom. The number of carbonyl (C=O) groups is 2. The fourth-order valence-corrected chi connectivity index (χ4v) is 6.68. The lowest BCUT2D eigenvalue weighted by molar-refractivity contribution is -0.161. The minimum absolute atomic E-state index is 0.0192. The molecule has 0 rings (SSSR count). The summed E-state index contributed by atoms with van der Waals surface area (Å²) in [6.45, 7) is 3.77. The van der Waals surface area contributed by atoms with Crippen LogP contribution in [0.2, 0.25) is 0 Å². The maximum Gasteiger partial charge on any atom is 0.472 e. The molecule has 0 fully saturated rings. The third-order valence-electron chi connectivity index (χ3n) is 8.87. The molecule has 14 nitrogen and oxygen atoms in total. The van der Waals surface area contributed by atoms with Crippen molar-refractivity contribution in [2.75, 3.05) is 26.4 Å². The SMILES string of the molecule is CC/C=C\C/C=C\CC(O)/C=C/C=C\C/C=C\C/C=C\CCC(=O)O[C@H](COC(=O)CCCCCCCCCCCCCC(C)C)COP(=O)(O)OC[C@@H](O)COP(=O)(O)O. The predicted octanol–water partition coefficient (Wildman–Crippen LogP) is 10.2. The van der Waals surface area contributed by atoms with E-state index >= 15 is 0 Å². The number of phosphoric ester groups is 2. The first kappa shape index (κ1) is 58.5. The van der Waals surface area contributed by atoms with Gasteiger partial charge in [-0.05, 0) is 50.9 Å². The number of aliphatic hydroxyl groups is 2. The molecule has 0 saturated carbocycles. The molecule has 2 unspecified atom stereocenters. The Morgan fingerprint density at radius 1 is 0.590 bits per heavy atom. The van der Waals surface area contributed by atoms with E-state index in [2.05, 4.69) is 42.0 Å². The first-order valence-electron chi connectivity index (χ1n) is 22.1. The summed E-state index contributed by atoms with van der Waals surface area (Å²) < 4.78 is 47.7. The molecule has 352 valence electrons. The standard InChI is InChI=1S/C45H78O14P2/c1-4-5-6-7-22-27-32-41(46)33-28-23-18-14-11-12-16-20-25-30-35-45(49)59-43(39-58-61(53,54)57-37-42(47)36-56-60(50,51)52)38-55-44(48)34-29-24-19-15-10-8-9-13-17-21-26-31-40(2)3/h5-6,11-12,18,20,22-23,25,27-28,33,40-43,46-47H,4,7-10,13-17,19,21,24,26,29-32,34-39H2,1-3H3,(H,53,54)(H2,50,51,52)/b6-5-,12-11-,23-18-,25-20-,27-22-,33-28+/t41?,42-,43+/m0/s1. The first-order valence-corrected chi connectivity index (χ1v) is 25.1. The quantitative estimate of drug-likeness (QED) is 0.0127. The van der Waals surface area contributed by atoms with Crippen molar-refractivity contribution >= 4 is 27.6 Å². The van der Waals surface area contributed by atoms with Crippen molar-refractivity contribution in [2.45, 2.75) is 167 Å². The fraction of sp³-hybridized carbons (Fsp3) is 0.689. The molecule has 0 bridgehead atoms. The van der Waals surface area contributed by atoms with Gasteiger partial charge in [-0.3, -0.25) is 23.2 Å². The molecule has 4 atom stereocenters. The zero-order chi connectivity index (χ0) is 45.5. The highest BCUT2D eigenvalue weighted by Gasteiger charge is 2.28. The second-order valence-corrected chi connectivity index (χ2v) is 18.0. The molecular formula is C45H78O14P2. The van der Waals surface area contributed by atoms with Gasteiger partial charge in [0.2, 0.25) is 0 Å². The van der Waals surface area contributed by atoms with Crippen LogP contribution in [0.3, 0.4) is 0 Å². The molecule has 61 heavy (non-hydrogen) atoms. The first-order chi connectivity index (χ1) is 29.1. The molecular weight excluding hydrogens is 826 g/mol. The molecule has 0 aliphatic carbocycles. The molecule has 16 heteroatoms. The van der Waals surface area contributed by atoms with E-state index in [1.165, 1.54) is 51.4 Å². The van der Waals surface area contributed by atoms with Gasteiger partial charge in [-0.15, -0.1) is 0 Å². The van der Waals surface area contributed by atoms with Gasteiger partial charge in [-0.1, -0.05) is 164 Å². The van der Waals surface area contributed by atoms with Crippen molar-refractivity contribution < 1.29 is 66.7 Å². The maximum atomic E-state index is 12.6. The van der Waals surface area contributed by atoms with Crippen LogP contribution in [-0.2, 0) is 41.8 Å². The van der Waals surface area contributed by atoms with Crippen LogP contribution in [0.25, 0.3) is 0 Å². The van der Waals surface area contributed by atoms with E-state index in [4.69, 9.17) is 23.8 Å². The van der Waals surface area contributed by atoms with E-state index in [1.54, 1.807) is 6.08 Å². The molecule has 0 spiro atoms. The smallest absolute Gasteiger partial charge is 0.462 e. The Labute approximate surface area is 366 Å². The van der Waals surface area contributed by atoms with E-state index in [9.17, 15) is 33.8 Å². The minimum atomic E-state index is -4.88. The molecule has 0 aromatic heterocycles. The molecule has 0 aliphatic heterocycles. The maximum absolute atomic E-state index is 12.6. The van der Waals surface area contributed by atoms with Gasteiger partial charge in [-0.2, -0.15) is 0 Å². The summed E-state index contributed by atoms with van der Waals surface area (Å²) >= 11 is 0. The van der Waals surface area contributed by atoms with Crippen LogP contribution >= 0.6 is 15.6 Å². The molecule has 5 N–H and O–H groups in total. The normalized spacial score (nSPS) is 15.3. The third kappa shape index (κ3) is 43.9. The number of carbonyl (C=O) groups excluding carboxylic acids is 2. The fourth-order valence-electron chi connectivity index (χ4n) is 5.52. The Kier molecular flexibility index (Phi) is 37.5. The number of phosphoric acid groups is 2. The van der Waals surface area contributed by atoms with E-state index < -0.39 is 72.3 Å². The molecule has 0 aromatic carbocycles. The van der Waals surface area contributed by atoms with Crippen LogP contribution in [0.15, 0.2) is 72.9 Å². The monoisotopic (exact) mass is 904 g/mol. The van der Waals surface area contributed by atoms with Gasteiger partial charge in [0, 0.05) is 12.8 Å². The van der Waals surface area contributed by atoms with Crippen molar-refractivity contribution in [3.05, 3.63) is 72.9 Å². The summed E-state index contributed by atoms with van der Waals surface area (Å²) in [5.41, 5.74) is 0. The molecule has 0 heterocycles. The molecule has 0 aliphatic rings. The molecule has 0 aromatic rings. The van der Waals surface area contributed by atoms with Gasteiger partial charge >= 0.3 is 27.6 Å². The highest BCUT2D eigenvalue weighted by Crippen LogP contribution is 2.43. The summed E-state index contributed by atoms with van der Waals surface area (Å²) in [5, 5.41) is 19.7. The number of esters is 2. The van der Waals surface area contributed by atoms with E-state index in [0.29, 0.717) is 32.1 Å². The highest BCUT2D eigenvalue weighted by molar-refractivity contribution is 7.47. The van der Waals surface area contributed by atoms with Crippen molar-refractivity contribution in [1.82, 2.24) is 0 Å². The number of aliphatic hydroxyl groups excluding tert-OH is 2. The van der Waals surface area contributed by atoms with Crippen LogP contribution in [0.4, 0.5) is 0 Å². The van der Waals surface area contributed by atoms with Crippen molar-refractivity contribution in [3.8, 4) is 0 Å². The second-order valence-electron chi connectivity index (χ2n) is 15.3. The lowest BCUT2D eigenvalue weighted by atomic mass is 10.0. The van der Waals surface area contributed by atoms with Gasteiger partial charge in [0.05, 0.1) is 25.9 Å². The number of hydrogen-bond donors (Lipinski definition) is 5. The number of hydrogen-bond acceptors (Lipinski definition) is 11. The highest BCUT2D eigenvalue weighted by atomic mass is 31.2. The summed E-state index contributed by atoms with van der Waals surface area (Å²) in [5.74, 6) is -0.386. The topological polar surface area (TPSA) is 216 Å². The number of unbranched alkanes of at least 4 members (excludes halogenated alkanes) is 10. The minimum Gasteiger partial charge on any atom is -0.462 e. The van der Waals surface area contributed by atoms with Crippen LogP contribution in [-0.4, -0.2) is 81.6 Å². The number of rotatable bonds is 40. The van der Waals surface area contributed by atoms with E-state index in [-0.39, 0.29) is 12.8 Å². The van der Waals surface area contributed by atoms with Crippen LogP contribution in [0.5, 0.6) is 0 Å². The summed E-state index contributed by atoms with van der Waals surface area (Å²) in [6.07, 6.45) is 38.0. The van der Waals surface area contributed by atoms with Gasteiger partial charge in [0.25, 0.3) is 0 Å². The number of allylic oxidation sites excluding steroid dienone is 10. The Balaban J connectivity index is 4.70. The van der Waals surface area contributed by atoms with Crippen molar-refractivity contribution in [2.24, 2.45) is 5.92 Å². The lowest BCUT2D eigenvalue weighted by Gasteiger charge is -2.20. The van der Waals surface area contributed by atoms with E-state index in [0.717, 1.165) is 38.0 Å². The van der Waals surface area contributed by atoms with E-state index in [1.807, 2.05) is 54.7 Å². The van der Waals surface area contributed by atoms with Crippen LogP contribution < -0.4 is 0 Å². The molecule has 0 amide bonds. The average Bonchev–Trinajstić information content (AvgIpc) is 3.20. The van der Waals surface area contributed by atoms with Crippen LogP contribution in [0.1, 0.15) is 149 Å². The van der Waals surface area contributed by atoms with Crippen LogP contribution in [0, 0.1) is 5.92 Å². The zero-order valence-electron chi connectivity index (χ0n) is 37.0. The lowest BCUT2D eigenvalue weighted by Crippen LogP contribution is -2.29. The van der Waals surface area contributed by atoms with Gasteiger partial charge in [0.1, 0.15) is 12.7 Å². The summed E-state index contributed by atoms with van der Waals surface area (Å²) in [6, 6.07) is 0. The molecule has 0 radical (unpaired) electrons. The Bertz CT molecular complexity index is 1380. The summed E-state index contributed by atoms with van der Waals surface area (Å²) in [4.78, 5) is 52.7. The molecule has 0 saturated heterocycles. The zero-order valence-corrected chi connectivity index (χ0v) is 38.8. The predicted molar refractivity (Wildman–Crippen MR) is 240 cm³/mol. The third-order valence-corrected chi connectivity index (χ3v) is 10.3. The van der Waals surface area contributed by atoms with Gasteiger partial charge in [-0.25, -0.2) is 9.13 Å². The van der Waals surface area contributed by atoms with Gasteiger partial charge < -0.3 is 34.4 Å². The van der Waals surface area contributed by atoms with Crippen molar-refractivity contribution in [3.63, 3.8) is 0 Å². The summed E-state index contributed by atoms with van der Waals surface area (Å²) in [7, 11) is -9.72. The number of ether oxygens (including phenoxy) is 2.